The van der Waals surface area contributed by atoms with Crippen molar-refractivity contribution < 1.29 is 0 Å². The quantitative estimate of drug-likeness (QED) is 0.522. The molecule has 0 spiro atoms. The molecule has 0 atom stereocenters. The van der Waals surface area contributed by atoms with E-state index in [4.69, 9.17) is 0 Å². The molecule has 0 radical (unpaired) electrons. The number of rotatable bonds is 1. The van der Waals surface area contributed by atoms with Crippen molar-refractivity contribution in [2.45, 2.75) is 27.7 Å². The minimum absolute atomic E-state index is 1.36. The number of aryl methyl sites for hydroxylation is 3. The molecule has 0 N–H and O–H groups in total. The molecule has 0 amide bonds. The molecule has 2 aromatic carbocycles. The van der Waals surface area contributed by atoms with Gasteiger partial charge >= 0.3 is 0 Å². The maximum atomic E-state index is 2.31. The third-order valence-corrected chi connectivity index (χ3v) is 5.02. The highest BCUT2D eigenvalue weighted by molar-refractivity contribution is 7.10. The van der Waals surface area contributed by atoms with Crippen LogP contribution in [0.3, 0.4) is 0 Å². The van der Waals surface area contributed by atoms with Crippen LogP contribution in [0.4, 0.5) is 0 Å². The number of hydrogen-bond donors (Lipinski definition) is 0. The van der Waals surface area contributed by atoms with E-state index in [0.29, 0.717) is 0 Å². The van der Waals surface area contributed by atoms with Crippen LogP contribution in [0.25, 0.3) is 21.9 Å². The van der Waals surface area contributed by atoms with Crippen molar-refractivity contribution in [3.8, 4) is 11.1 Å². The first kappa shape index (κ1) is 12.4. The Bertz CT molecular complexity index is 763. The van der Waals surface area contributed by atoms with E-state index in [9.17, 15) is 0 Å². The van der Waals surface area contributed by atoms with E-state index in [0.717, 1.165) is 0 Å². The average molecular weight is 266 g/mol. The van der Waals surface area contributed by atoms with Gasteiger partial charge in [0.1, 0.15) is 0 Å². The largest absolute Gasteiger partial charge is 0.148 e. The first-order chi connectivity index (χ1) is 9.09. The summed E-state index contributed by atoms with van der Waals surface area (Å²) in [5.41, 5.74) is 6.96. The molecule has 0 saturated carbocycles. The van der Waals surface area contributed by atoms with Crippen LogP contribution in [0.15, 0.2) is 35.7 Å². The first-order valence-corrected chi connectivity index (χ1v) is 7.51. The van der Waals surface area contributed by atoms with Gasteiger partial charge in [-0.3, -0.25) is 0 Å². The molecule has 0 bridgehead atoms. The monoisotopic (exact) mass is 266 g/mol. The van der Waals surface area contributed by atoms with E-state index < -0.39 is 0 Å². The van der Waals surface area contributed by atoms with Crippen LogP contribution in [-0.4, -0.2) is 0 Å². The summed E-state index contributed by atoms with van der Waals surface area (Å²) < 4.78 is 0. The van der Waals surface area contributed by atoms with E-state index in [1.165, 1.54) is 43.5 Å². The van der Waals surface area contributed by atoms with E-state index in [2.05, 4.69) is 63.4 Å². The Labute approximate surface area is 118 Å². The predicted molar refractivity (Wildman–Crippen MR) is 86.2 cm³/mol. The zero-order valence-corrected chi connectivity index (χ0v) is 12.7. The van der Waals surface area contributed by atoms with Crippen LogP contribution in [-0.2, 0) is 0 Å². The fourth-order valence-electron chi connectivity index (χ4n) is 2.85. The van der Waals surface area contributed by atoms with E-state index in [1.807, 2.05) is 11.3 Å². The van der Waals surface area contributed by atoms with Gasteiger partial charge in [0, 0.05) is 4.88 Å². The Morgan fingerprint density at radius 3 is 2.16 bits per heavy atom. The highest BCUT2D eigenvalue weighted by Gasteiger charge is 2.13. The van der Waals surface area contributed by atoms with Gasteiger partial charge in [0.25, 0.3) is 0 Å². The molecule has 0 aliphatic heterocycles. The smallest absolute Gasteiger partial charge is 0.00497 e. The average Bonchev–Trinajstić information content (AvgIpc) is 2.71. The van der Waals surface area contributed by atoms with Gasteiger partial charge in [-0.05, 0) is 71.7 Å². The van der Waals surface area contributed by atoms with Gasteiger partial charge < -0.3 is 0 Å². The molecule has 96 valence electrons. The third kappa shape index (κ3) is 1.89. The van der Waals surface area contributed by atoms with E-state index in [1.54, 1.807) is 0 Å². The highest BCUT2D eigenvalue weighted by atomic mass is 32.1. The van der Waals surface area contributed by atoms with Crippen molar-refractivity contribution in [3.05, 3.63) is 57.3 Å². The molecule has 1 aromatic heterocycles. The van der Waals surface area contributed by atoms with Gasteiger partial charge in [-0.2, -0.15) is 0 Å². The Balaban J connectivity index is 2.44. The number of hydrogen-bond acceptors (Lipinski definition) is 1. The highest BCUT2D eigenvalue weighted by Crippen LogP contribution is 2.38. The van der Waals surface area contributed by atoms with E-state index >= 15 is 0 Å². The van der Waals surface area contributed by atoms with E-state index in [-0.39, 0.29) is 0 Å². The minimum Gasteiger partial charge on any atom is -0.148 e. The van der Waals surface area contributed by atoms with Crippen molar-refractivity contribution in [1.29, 1.82) is 0 Å². The van der Waals surface area contributed by atoms with Crippen molar-refractivity contribution >= 4 is 22.1 Å². The number of fused-ring (bicyclic) bond motifs is 1. The van der Waals surface area contributed by atoms with Gasteiger partial charge in [-0.15, -0.1) is 11.3 Å². The van der Waals surface area contributed by atoms with Crippen LogP contribution in [0.5, 0.6) is 0 Å². The predicted octanol–water partition coefficient (Wildman–Crippen LogP) is 5.80. The first-order valence-electron chi connectivity index (χ1n) is 6.63. The second-order valence-electron chi connectivity index (χ2n) is 5.26. The minimum atomic E-state index is 1.36. The van der Waals surface area contributed by atoms with Gasteiger partial charge in [-0.1, -0.05) is 30.3 Å². The van der Waals surface area contributed by atoms with Crippen LogP contribution < -0.4 is 0 Å². The molecule has 3 rings (SSSR count). The fraction of sp³-hybridized carbons (Fsp3) is 0.222. The molecule has 1 heteroatoms. The lowest BCUT2D eigenvalue weighted by molar-refractivity contribution is 1.39. The Hall–Kier alpha value is -1.60. The van der Waals surface area contributed by atoms with Gasteiger partial charge in [0.2, 0.25) is 0 Å². The van der Waals surface area contributed by atoms with Gasteiger partial charge in [0.15, 0.2) is 0 Å². The van der Waals surface area contributed by atoms with Gasteiger partial charge in [0.05, 0.1) is 0 Å². The van der Waals surface area contributed by atoms with Crippen molar-refractivity contribution in [1.82, 2.24) is 0 Å². The summed E-state index contributed by atoms with van der Waals surface area (Å²) >= 11 is 1.85. The van der Waals surface area contributed by atoms with Crippen LogP contribution in [0, 0.1) is 27.7 Å². The summed E-state index contributed by atoms with van der Waals surface area (Å²) in [5.74, 6) is 0. The maximum absolute atomic E-state index is 2.31. The van der Waals surface area contributed by atoms with Crippen molar-refractivity contribution in [3.63, 3.8) is 0 Å². The second kappa shape index (κ2) is 4.50. The molecule has 0 aliphatic carbocycles. The molecule has 1 heterocycles. The summed E-state index contributed by atoms with van der Waals surface area (Å²) in [6.45, 7) is 8.86. The van der Waals surface area contributed by atoms with Crippen LogP contribution in [0.1, 0.15) is 21.6 Å². The van der Waals surface area contributed by atoms with Crippen LogP contribution >= 0.6 is 11.3 Å². The lowest BCUT2D eigenvalue weighted by Crippen LogP contribution is -1.90. The second-order valence-corrected chi connectivity index (χ2v) is 6.35. The third-order valence-electron chi connectivity index (χ3n) is 4.00. The summed E-state index contributed by atoms with van der Waals surface area (Å²) in [4.78, 5) is 1.42. The lowest BCUT2D eigenvalue weighted by atomic mass is 9.91. The molecule has 0 fully saturated rings. The van der Waals surface area contributed by atoms with Crippen LogP contribution in [0.2, 0.25) is 0 Å². The molecule has 0 nitrogen and oxygen atoms in total. The maximum Gasteiger partial charge on any atom is 0.00497 e. The summed E-state index contributed by atoms with van der Waals surface area (Å²) in [6, 6.07) is 11.0. The number of benzene rings is 2. The fourth-order valence-corrected chi connectivity index (χ4v) is 3.73. The SMILES string of the molecule is Cc1cc(C)c2ccccc2c1-c1csc(C)c1C. The lowest BCUT2D eigenvalue weighted by Gasteiger charge is -2.13. The summed E-state index contributed by atoms with van der Waals surface area (Å²) in [6.07, 6.45) is 0. The molecule has 0 unspecified atom stereocenters. The molecular weight excluding hydrogens is 248 g/mol. The van der Waals surface area contributed by atoms with Gasteiger partial charge in [-0.25, -0.2) is 0 Å². The summed E-state index contributed by atoms with van der Waals surface area (Å²) in [5, 5.41) is 5.04. The molecular formula is C18H18S. The van der Waals surface area contributed by atoms with Crippen molar-refractivity contribution in [2.75, 3.05) is 0 Å². The Morgan fingerprint density at radius 1 is 0.842 bits per heavy atom. The summed E-state index contributed by atoms with van der Waals surface area (Å²) in [7, 11) is 0. The van der Waals surface area contributed by atoms with Crippen molar-refractivity contribution in [2.24, 2.45) is 0 Å². The molecule has 3 aromatic rings. The Kier molecular flexibility index (Phi) is 2.94. The molecule has 19 heavy (non-hydrogen) atoms. The molecule has 0 aliphatic rings. The normalized spacial score (nSPS) is 11.2. The zero-order valence-electron chi connectivity index (χ0n) is 11.9. The number of thiophene rings is 1. The topological polar surface area (TPSA) is 0 Å². The standard InChI is InChI=1S/C18H18S/c1-11-9-12(2)18(16-8-6-5-7-15(11)16)17-10-19-14(4)13(17)3/h5-10H,1-4H3. The Morgan fingerprint density at radius 2 is 1.53 bits per heavy atom. The molecule has 0 saturated heterocycles. The zero-order chi connectivity index (χ0) is 13.6.